The van der Waals surface area contributed by atoms with E-state index in [2.05, 4.69) is 5.32 Å². The van der Waals surface area contributed by atoms with Crippen molar-refractivity contribution in [2.24, 2.45) is 0 Å². The van der Waals surface area contributed by atoms with Gasteiger partial charge in [-0.15, -0.1) is 0 Å². The molecule has 0 spiro atoms. The van der Waals surface area contributed by atoms with Crippen molar-refractivity contribution in [2.45, 2.75) is 32.4 Å². The van der Waals surface area contributed by atoms with Gasteiger partial charge >= 0.3 is 6.09 Å². The lowest BCUT2D eigenvalue weighted by Crippen LogP contribution is -2.50. The third-order valence-corrected chi connectivity index (χ3v) is 3.69. The van der Waals surface area contributed by atoms with Gasteiger partial charge in [0.05, 0.1) is 13.2 Å². The van der Waals surface area contributed by atoms with E-state index in [1.54, 1.807) is 11.0 Å². The van der Waals surface area contributed by atoms with Gasteiger partial charge in [-0.1, -0.05) is 11.6 Å². The lowest BCUT2D eigenvalue weighted by molar-refractivity contribution is 0.0115. The maximum atomic E-state index is 14.1. The molecule has 0 saturated carbocycles. The summed E-state index contributed by atoms with van der Waals surface area (Å²) in [5.74, 6) is -0.457. The second-order valence-electron chi connectivity index (χ2n) is 6.40. The molecule has 7 heteroatoms. The van der Waals surface area contributed by atoms with E-state index in [1.807, 2.05) is 20.8 Å². The number of hydrogen-bond donors (Lipinski definition) is 1. The maximum Gasteiger partial charge on any atom is 0.410 e. The zero-order valence-electron chi connectivity index (χ0n) is 13.8. The van der Waals surface area contributed by atoms with Gasteiger partial charge in [-0.25, -0.2) is 9.18 Å². The van der Waals surface area contributed by atoms with Gasteiger partial charge < -0.3 is 14.8 Å². The van der Waals surface area contributed by atoms with Crippen LogP contribution in [0.2, 0.25) is 5.02 Å². The Kier molecular flexibility index (Phi) is 5.37. The summed E-state index contributed by atoms with van der Waals surface area (Å²) in [7, 11) is 1.39. The zero-order valence-corrected chi connectivity index (χ0v) is 14.5. The Bertz CT molecular complexity index is 589. The highest BCUT2D eigenvalue weighted by Crippen LogP contribution is 2.35. The molecule has 5 nitrogen and oxygen atoms in total. The van der Waals surface area contributed by atoms with Crippen LogP contribution >= 0.6 is 11.6 Å². The van der Waals surface area contributed by atoms with E-state index in [0.29, 0.717) is 25.2 Å². The number of carbonyl (C=O) groups excluding carboxylic acids is 1. The first-order valence-corrected chi connectivity index (χ1v) is 7.84. The van der Waals surface area contributed by atoms with Crippen molar-refractivity contribution >= 4 is 17.7 Å². The summed E-state index contributed by atoms with van der Waals surface area (Å²) in [6.07, 6.45) is -0.438. The summed E-state index contributed by atoms with van der Waals surface area (Å²) >= 11 is 5.98. The van der Waals surface area contributed by atoms with Crippen LogP contribution < -0.4 is 10.1 Å². The minimum atomic E-state index is -0.601. The number of hydrogen-bond acceptors (Lipinski definition) is 4. The smallest absolute Gasteiger partial charge is 0.410 e. The summed E-state index contributed by atoms with van der Waals surface area (Å²) in [5, 5.41) is 3.46. The molecule has 1 aliphatic heterocycles. The number of ether oxygens (including phenoxy) is 2. The van der Waals surface area contributed by atoms with E-state index in [0.717, 1.165) is 0 Å². The minimum absolute atomic E-state index is 0.0941. The summed E-state index contributed by atoms with van der Waals surface area (Å²) in [5.41, 5.74) is -0.0773. The normalized spacial score (nSPS) is 18.7. The van der Waals surface area contributed by atoms with E-state index in [4.69, 9.17) is 21.1 Å². The second kappa shape index (κ2) is 6.93. The van der Waals surface area contributed by atoms with Crippen LogP contribution in [0, 0.1) is 5.82 Å². The van der Waals surface area contributed by atoms with Crippen molar-refractivity contribution in [1.29, 1.82) is 0 Å². The van der Waals surface area contributed by atoms with Crippen molar-refractivity contribution in [2.75, 3.05) is 26.7 Å². The molecule has 1 N–H and O–H groups in total. The van der Waals surface area contributed by atoms with Crippen LogP contribution in [0.5, 0.6) is 5.75 Å². The van der Waals surface area contributed by atoms with Gasteiger partial charge in [-0.05, 0) is 32.9 Å². The number of methoxy groups -OCH3 is 1. The Hall–Kier alpha value is -1.53. The lowest BCUT2D eigenvalue weighted by atomic mass is 10.0. The fourth-order valence-corrected chi connectivity index (χ4v) is 2.78. The molecular formula is C16H22ClFN2O3. The molecule has 1 aromatic carbocycles. The van der Waals surface area contributed by atoms with Crippen LogP contribution in [0.3, 0.4) is 0 Å². The summed E-state index contributed by atoms with van der Waals surface area (Å²) in [6, 6.07) is 2.40. The molecule has 1 saturated heterocycles. The Morgan fingerprint density at radius 1 is 1.43 bits per heavy atom. The topological polar surface area (TPSA) is 50.8 Å². The number of rotatable bonds is 2. The number of halogens is 2. The first-order valence-electron chi connectivity index (χ1n) is 7.46. The van der Waals surface area contributed by atoms with Crippen LogP contribution in [0.15, 0.2) is 12.1 Å². The average molecular weight is 345 g/mol. The third-order valence-electron chi connectivity index (χ3n) is 3.47. The van der Waals surface area contributed by atoms with E-state index in [-0.39, 0.29) is 10.8 Å². The molecule has 128 valence electrons. The van der Waals surface area contributed by atoms with Crippen LogP contribution in [-0.2, 0) is 4.74 Å². The molecule has 0 radical (unpaired) electrons. The molecule has 1 unspecified atom stereocenters. The van der Waals surface area contributed by atoms with E-state index in [1.165, 1.54) is 13.2 Å². The van der Waals surface area contributed by atoms with Gasteiger partial charge in [0, 0.05) is 30.2 Å². The van der Waals surface area contributed by atoms with Gasteiger partial charge in [0.25, 0.3) is 0 Å². The first kappa shape index (κ1) is 17.8. The molecular weight excluding hydrogens is 323 g/mol. The lowest BCUT2D eigenvalue weighted by Gasteiger charge is -2.37. The summed E-state index contributed by atoms with van der Waals surface area (Å²) in [4.78, 5) is 14.1. The molecule has 1 heterocycles. The maximum absolute atomic E-state index is 14.1. The van der Waals surface area contributed by atoms with Crippen molar-refractivity contribution < 1.29 is 18.7 Å². The highest BCUT2D eigenvalue weighted by Gasteiger charge is 2.33. The minimum Gasteiger partial charge on any atom is -0.493 e. The molecule has 1 aliphatic rings. The quantitative estimate of drug-likeness (QED) is 0.893. The highest BCUT2D eigenvalue weighted by atomic mass is 35.5. The fraction of sp³-hybridized carbons (Fsp3) is 0.562. The van der Waals surface area contributed by atoms with Crippen LogP contribution in [0.1, 0.15) is 32.4 Å². The molecule has 0 aromatic heterocycles. The Morgan fingerprint density at radius 3 is 2.74 bits per heavy atom. The standard InChI is InChI=1S/C16H22ClFN2O3/c1-16(2,3)23-15(21)20-6-5-19-9-13(20)11-7-10(17)8-12(18)14(11)22-4/h7-8,13,19H,5-6,9H2,1-4H3. The monoisotopic (exact) mass is 344 g/mol. The van der Waals surface area contributed by atoms with Crippen LogP contribution in [0.25, 0.3) is 0 Å². The fourth-order valence-electron chi connectivity index (χ4n) is 2.56. The number of carbonyl (C=O) groups is 1. The van der Waals surface area contributed by atoms with Crippen LogP contribution in [-0.4, -0.2) is 43.3 Å². The van der Waals surface area contributed by atoms with Crippen molar-refractivity contribution in [3.63, 3.8) is 0 Å². The predicted molar refractivity (Wildman–Crippen MR) is 86.5 cm³/mol. The Morgan fingerprint density at radius 2 is 2.13 bits per heavy atom. The highest BCUT2D eigenvalue weighted by molar-refractivity contribution is 6.30. The second-order valence-corrected chi connectivity index (χ2v) is 6.84. The largest absolute Gasteiger partial charge is 0.493 e. The van der Waals surface area contributed by atoms with Crippen molar-refractivity contribution in [1.82, 2.24) is 10.2 Å². The van der Waals surface area contributed by atoms with Gasteiger partial charge in [0.15, 0.2) is 11.6 Å². The van der Waals surface area contributed by atoms with Crippen molar-refractivity contribution in [3.05, 3.63) is 28.5 Å². The number of nitrogens with zero attached hydrogens (tertiary/aromatic N) is 1. The van der Waals surface area contributed by atoms with Crippen LogP contribution in [0.4, 0.5) is 9.18 Å². The number of benzene rings is 1. The molecule has 0 bridgehead atoms. The van der Waals surface area contributed by atoms with Gasteiger partial charge in [-0.2, -0.15) is 0 Å². The molecule has 1 aromatic rings. The summed E-state index contributed by atoms with van der Waals surface area (Å²) < 4.78 is 24.7. The first-order chi connectivity index (χ1) is 10.7. The molecule has 2 rings (SSSR count). The van der Waals surface area contributed by atoms with E-state index in [9.17, 15) is 9.18 Å². The molecule has 1 atom stereocenters. The summed E-state index contributed by atoms with van der Waals surface area (Å²) in [6.45, 7) is 6.98. The Labute approximate surface area is 140 Å². The number of nitrogens with one attached hydrogen (secondary N) is 1. The molecule has 1 fully saturated rings. The van der Waals surface area contributed by atoms with Crippen molar-refractivity contribution in [3.8, 4) is 5.75 Å². The SMILES string of the molecule is COc1c(F)cc(Cl)cc1C1CNCCN1C(=O)OC(C)(C)C. The third kappa shape index (κ3) is 4.26. The van der Waals surface area contributed by atoms with Gasteiger partial charge in [-0.3, -0.25) is 4.90 Å². The average Bonchev–Trinajstić information content (AvgIpc) is 2.44. The van der Waals surface area contributed by atoms with E-state index < -0.39 is 23.6 Å². The number of amides is 1. The predicted octanol–water partition coefficient (Wildman–Crippen LogP) is 3.37. The molecule has 0 aliphatic carbocycles. The number of piperazine rings is 1. The molecule has 1 amide bonds. The zero-order chi connectivity index (χ0) is 17.2. The van der Waals surface area contributed by atoms with Gasteiger partial charge in [0.1, 0.15) is 5.60 Å². The Balaban J connectivity index is 2.37. The molecule has 23 heavy (non-hydrogen) atoms. The van der Waals surface area contributed by atoms with Gasteiger partial charge in [0.2, 0.25) is 0 Å². The van der Waals surface area contributed by atoms with E-state index >= 15 is 0 Å².